The second-order valence-corrected chi connectivity index (χ2v) is 8.43. The van der Waals surface area contributed by atoms with Crippen molar-refractivity contribution in [1.29, 1.82) is 0 Å². The lowest BCUT2D eigenvalue weighted by molar-refractivity contribution is -0.140. The van der Waals surface area contributed by atoms with Gasteiger partial charge in [0.2, 0.25) is 0 Å². The number of benzene rings is 3. The van der Waals surface area contributed by atoms with Crippen molar-refractivity contribution in [2.45, 2.75) is 18.9 Å². The minimum atomic E-state index is -0.204. The molecule has 4 nitrogen and oxygen atoms in total. The molecular weight excluding hydrogens is 445 g/mol. The lowest BCUT2D eigenvalue weighted by atomic mass is 9.97. The SMILES string of the molecule is COC(=O)CCc1ccc(OCCN(C)C(c2ccc(Cl)cc2)c2ccc(Cl)cc2)cc1. The van der Waals surface area contributed by atoms with Crippen LogP contribution in [0.3, 0.4) is 0 Å². The topological polar surface area (TPSA) is 38.8 Å². The average molecular weight is 472 g/mol. The van der Waals surface area contributed by atoms with E-state index in [1.807, 2.05) is 72.8 Å². The molecule has 0 aliphatic carbocycles. The van der Waals surface area contributed by atoms with E-state index in [-0.39, 0.29) is 12.0 Å². The van der Waals surface area contributed by atoms with E-state index >= 15 is 0 Å². The largest absolute Gasteiger partial charge is 0.492 e. The van der Waals surface area contributed by atoms with E-state index in [0.717, 1.165) is 29.0 Å². The highest BCUT2D eigenvalue weighted by atomic mass is 35.5. The Morgan fingerprint density at radius 3 is 1.91 bits per heavy atom. The van der Waals surface area contributed by atoms with Crippen molar-refractivity contribution in [3.8, 4) is 5.75 Å². The smallest absolute Gasteiger partial charge is 0.305 e. The number of ether oxygens (including phenoxy) is 2. The highest BCUT2D eigenvalue weighted by molar-refractivity contribution is 6.30. The molecule has 0 aliphatic rings. The van der Waals surface area contributed by atoms with E-state index in [2.05, 4.69) is 16.7 Å². The Kier molecular flexibility index (Phi) is 8.98. The molecule has 0 aromatic heterocycles. The number of nitrogens with zero attached hydrogens (tertiary/aromatic N) is 1. The molecule has 0 fully saturated rings. The van der Waals surface area contributed by atoms with Gasteiger partial charge in [0.15, 0.2) is 0 Å². The Bertz CT molecular complexity index is 944. The molecule has 0 heterocycles. The third kappa shape index (κ3) is 6.99. The summed E-state index contributed by atoms with van der Waals surface area (Å²) < 4.78 is 10.6. The number of hydrogen-bond acceptors (Lipinski definition) is 4. The molecule has 0 atom stereocenters. The Hall–Kier alpha value is -2.53. The molecule has 0 saturated heterocycles. The molecular formula is C26H27Cl2NO3. The Balaban J connectivity index is 1.61. The molecule has 168 valence electrons. The number of hydrogen-bond donors (Lipinski definition) is 0. The van der Waals surface area contributed by atoms with E-state index in [0.29, 0.717) is 29.5 Å². The molecule has 3 aromatic rings. The maximum Gasteiger partial charge on any atom is 0.305 e. The predicted molar refractivity (Wildman–Crippen MR) is 130 cm³/mol. The van der Waals surface area contributed by atoms with Gasteiger partial charge in [0, 0.05) is 23.0 Å². The quantitative estimate of drug-likeness (QED) is 0.330. The summed E-state index contributed by atoms with van der Waals surface area (Å²) in [6, 6.07) is 23.7. The van der Waals surface area contributed by atoms with Gasteiger partial charge in [-0.2, -0.15) is 0 Å². The first-order valence-electron chi connectivity index (χ1n) is 10.5. The number of carbonyl (C=O) groups is 1. The molecule has 0 radical (unpaired) electrons. The van der Waals surface area contributed by atoms with Crippen LogP contribution in [0.2, 0.25) is 10.0 Å². The second-order valence-electron chi connectivity index (χ2n) is 7.55. The third-order valence-corrected chi connectivity index (χ3v) is 5.80. The summed E-state index contributed by atoms with van der Waals surface area (Å²) >= 11 is 12.2. The first-order chi connectivity index (χ1) is 15.5. The molecule has 0 saturated carbocycles. The highest BCUT2D eigenvalue weighted by Crippen LogP contribution is 2.29. The Morgan fingerprint density at radius 2 is 1.41 bits per heavy atom. The average Bonchev–Trinajstić information content (AvgIpc) is 2.81. The number of carbonyl (C=O) groups excluding carboxylic acids is 1. The van der Waals surface area contributed by atoms with Crippen LogP contribution in [0.5, 0.6) is 5.75 Å². The fourth-order valence-corrected chi connectivity index (χ4v) is 3.78. The van der Waals surface area contributed by atoms with Gasteiger partial charge in [0.05, 0.1) is 13.2 Å². The lowest BCUT2D eigenvalue weighted by Crippen LogP contribution is -2.29. The molecule has 3 rings (SSSR count). The van der Waals surface area contributed by atoms with Crippen LogP contribution in [0.4, 0.5) is 0 Å². The number of methoxy groups -OCH3 is 1. The molecule has 6 heteroatoms. The van der Waals surface area contributed by atoms with Crippen LogP contribution < -0.4 is 4.74 Å². The van der Waals surface area contributed by atoms with Crippen LogP contribution in [-0.4, -0.2) is 38.2 Å². The summed E-state index contributed by atoms with van der Waals surface area (Å²) in [6.45, 7) is 1.26. The maximum absolute atomic E-state index is 11.3. The summed E-state index contributed by atoms with van der Waals surface area (Å²) in [4.78, 5) is 13.5. The first-order valence-corrected chi connectivity index (χ1v) is 11.2. The van der Waals surface area contributed by atoms with E-state index in [1.54, 1.807) is 0 Å². The summed E-state index contributed by atoms with van der Waals surface area (Å²) in [6.07, 6.45) is 1.03. The summed E-state index contributed by atoms with van der Waals surface area (Å²) in [5, 5.41) is 1.43. The zero-order valence-electron chi connectivity index (χ0n) is 18.3. The normalized spacial score (nSPS) is 11.1. The standard InChI is InChI=1S/C26H27Cl2NO3/c1-29(17-18-32-24-14-3-19(4-15-24)5-16-25(30)31-2)26(20-6-10-22(27)11-7-20)21-8-12-23(28)13-9-21/h3-4,6-15,26H,5,16-18H2,1-2H3. The molecule has 0 spiro atoms. The zero-order chi connectivity index (χ0) is 22.9. The number of rotatable bonds is 10. The Labute approximate surface area is 199 Å². The van der Waals surface area contributed by atoms with Crippen molar-refractivity contribution in [3.05, 3.63) is 99.5 Å². The minimum Gasteiger partial charge on any atom is -0.492 e. The second kappa shape index (κ2) is 11.9. The number of likely N-dealkylation sites (N-methyl/N-ethyl adjacent to an activating group) is 1. The van der Waals surface area contributed by atoms with Crippen molar-refractivity contribution in [2.24, 2.45) is 0 Å². The van der Waals surface area contributed by atoms with Crippen LogP contribution in [0, 0.1) is 0 Å². The van der Waals surface area contributed by atoms with Gasteiger partial charge in [-0.1, -0.05) is 59.6 Å². The van der Waals surface area contributed by atoms with Gasteiger partial charge in [-0.15, -0.1) is 0 Å². The monoisotopic (exact) mass is 471 g/mol. The van der Waals surface area contributed by atoms with Crippen LogP contribution in [0.1, 0.15) is 29.2 Å². The summed E-state index contributed by atoms with van der Waals surface area (Å²) in [5.74, 6) is 0.596. The van der Waals surface area contributed by atoms with E-state index < -0.39 is 0 Å². The van der Waals surface area contributed by atoms with Gasteiger partial charge in [0.25, 0.3) is 0 Å². The molecule has 0 bridgehead atoms. The predicted octanol–water partition coefficient (Wildman–Crippen LogP) is 6.20. The maximum atomic E-state index is 11.3. The van der Waals surface area contributed by atoms with Gasteiger partial charge in [0.1, 0.15) is 12.4 Å². The number of aryl methyl sites for hydroxylation is 1. The molecule has 32 heavy (non-hydrogen) atoms. The van der Waals surface area contributed by atoms with E-state index in [4.69, 9.17) is 27.9 Å². The van der Waals surface area contributed by atoms with Crippen LogP contribution in [0.25, 0.3) is 0 Å². The zero-order valence-corrected chi connectivity index (χ0v) is 19.8. The first kappa shape index (κ1) is 24.1. The number of esters is 1. The molecule has 0 unspecified atom stereocenters. The van der Waals surface area contributed by atoms with Crippen molar-refractivity contribution in [2.75, 3.05) is 27.3 Å². The van der Waals surface area contributed by atoms with Gasteiger partial charge >= 0.3 is 5.97 Å². The van der Waals surface area contributed by atoms with Crippen molar-refractivity contribution >= 4 is 29.2 Å². The van der Waals surface area contributed by atoms with E-state index in [9.17, 15) is 4.79 Å². The van der Waals surface area contributed by atoms with Gasteiger partial charge in [-0.05, 0) is 66.6 Å². The van der Waals surface area contributed by atoms with Crippen LogP contribution in [-0.2, 0) is 16.0 Å². The van der Waals surface area contributed by atoms with Crippen molar-refractivity contribution < 1.29 is 14.3 Å². The molecule has 3 aromatic carbocycles. The minimum absolute atomic E-state index is 0.0498. The lowest BCUT2D eigenvalue weighted by Gasteiger charge is -2.29. The Morgan fingerprint density at radius 1 is 0.875 bits per heavy atom. The van der Waals surface area contributed by atoms with Crippen LogP contribution in [0.15, 0.2) is 72.8 Å². The fourth-order valence-electron chi connectivity index (χ4n) is 3.53. The van der Waals surface area contributed by atoms with Crippen molar-refractivity contribution in [3.63, 3.8) is 0 Å². The molecule has 0 N–H and O–H groups in total. The van der Waals surface area contributed by atoms with Gasteiger partial charge in [-0.3, -0.25) is 9.69 Å². The highest BCUT2D eigenvalue weighted by Gasteiger charge is 2.19. The van der Waals surface area contributed by atoms with Crippen LogP contribution >= 0.6 is 23.2 Å². The summed E-state index contributed by atoms with van der Waals surface area (Å²) in [5.41, 5.74) is 3.37. The number of halogens is 2. The third-order valence-electron chi connectivity index (χ3n) is 5.29. The van der Waals surface area contributed by atoms with Gasteiger partial charge in [-0.25, -0.2) is 0 Å². The molecule has 0 amide bonds. The fraction of sp³-hybridized carbons (Fsp3) is 0.269. The van der Waals surface area contributed by atoms with Crippen molar-refractivity contribution in [1.82, 2.24) is 4.90 Å². The van der Waals surface area contributed by atoms with E-state index in [1.165, 1.54) is 7.11 Å². The summed E-state index contributed by atoms with van der Waals surface area (Å²) in [7, 11) is 3.48. The molecule has 0 aliphatic heterocycles. The van der Waals surface area contributed by atoms with Gasteiger partial charge < -0.3 is 9.47 Å².